The SMILES string of the molecule is CCCCC(C(=O)[O-])C(=O)[O-].[Li+].[Li+]. The summed E-state index contributed by atoms with van der Waals surface area (Å²) in [5, 5.41) is 20.2. The van der Waals surface area contributed by atoms with Crippen molar-refractivity contribution in [3.05, 3.63) is 0 Å². The van der Waals surface area contributed by atoms with E-state index in [9.17, 15) is 19.8 Å². The number of carboxylic acids is 2. The first-order chi connectivity index (χ1) is 5.09. The number of unbranched alkanes of at least 4 members (excludes halogenated alkanes) is 1. The zero-order chi connectivity index (χ0) is 8.85. The van der Waals surface area contributed by atoms with Gasteiger partial charge >= 0.3 is 37.7 Å². The molecule has 0 aliphatic carbocycles. The standard InChI is InChI=1S/C7H12O4.2Li/c1-2-3-4-5(6(8)9)7(10)11;;/h5H,2-4H2,1H3,(H,8,9)(H,10,11);;/q;2*+1/p-2. The van der Waals surface area contributed by atoms with Crippen LogP contribution in [0.5, 0.6) is 0 Å². The van der Waals surface area contributed by atoms with E-state index < -0.39 is 17.9 Å². The quantitative estimate of drug-likeness (QED) is 0.304. The number of hydrogen-bond donors (Lipinski definition) is 0. The van der Waals surface area contributed by atoms with E-state index in [4.69, 9.17) is 0 Å². The normalized spacial score (nSPS) is 8.46. The second kappa shape index (κ2) is 10.2. The zero-order valence-corrected chi connectivity index (χ0v) is 8.33. The van der Waals surface area contributed by atoms with Crippen molar-refractivity contribution in [1.29, 1.82) is 0 Å². The zero-order valence-electron chi connectivity index (χ0n) is 8.33. The van der Waals surface area contributed by atoms with Crippen LogP contribution in [0.25, 0.3) is 0 Å². The number of hydrogen-bond acceptors (Lipinski definition) is 4. The molecule has 0 amide bonds. The Morgan fingerprint density at radius 2 is 1.54 bits per heavy atom. The molecule has 0 unspecified atom stereocenters. The van der Waals surface area contributed by atoms with Gasteiger partial charge < -0.3 is 19.8 Å². The number of carboxylic acid groups (broad SMARTS) is 2. The number of carbonyl (C=O) groups is 2. The van der Waals surface area contributed by atoms with Crippen LogP contribution in [0, 0.1) is 5.92 Å². The fourth-order valence-corrected chi connectivity index (χ4v) is 0.740. The molecule has 0 saturated heterocycles. The van der Waals surface area contributed by atoms with Crippen LogP contribution in [-0.2, 0) is 9.59 Å². The second-order valence-corrected chi connectivity index (χ2v) is 2.33. The maximum Gasteiger partial charge on any atom is 1.00 e. The monoisotopic (exact) mass is 172 g/mol. The summed E-state index contributed by atoms with van der Waals surface area (Å²) < 4.78 is 0. The third-order valence-corrected chi connectivity index (χ3v) is 1.42. The van der Waals surface area contributed by atoms with Gasteiger partial charge in [0.05, 0.1) is 11.9 Å². The molecular weight excluding hydrogens is 162 g/mol. The minimum absolute atomic E-state index is 0. The Bertz CT molecular complexity index is 147. The van der Waals surface area contributed by atoms with Gasteiger partial charge in [-0.15, -0.1) is 0 Å². The average molecular weight is 172 g/mol. The van der Waals surface area contributed by atoms with Gasteiger partial charge in [-0.25, -0.2) is 0 Å². The topological polar surface area (TPSA) is 80.3 Å². The Morgan fingerprint density at radius 1 is 1.15 bits per heavy atom. The molecule has 0 fully saturated rings. The van der Waals surface area contributed by atoms with Crippen LogP contribution in [0.1, 0.15) is 26.2 Å². The molecule has 0 aliphatic rings. The number of rotatable bonds is 5. The van der Waals surface area contributed by atoms with Crippen molar-refractivity contribution >= 4 is 11.9 Å². The summed E-state index contributed by atoms with van der Waals surface area (Å²) in [6, 6.07) is 0. The predicted molar refractivity (Wildman–Crippen MR) is 33.0 cm³/mol. The molecule has 0 N–H and O–H groups in total. The van der Waals surface area contributed by atoms with Gasteiger partial charge in [-0.2, -0.15) is 0 Å². The van der Waals surface area contributed by atoms with Crippen molar-refractivity contribution in [2.24, 2.45) is 5.92 Å². The summed E-state index contributed by atoms with van der Waals surface area (Å²) >= 11 is 0. The molecule has 0 bridgehead atoms. The van der Waals surface area contributed by atoms with E-state index >= 15 is 0 Å². The molecule has 0 aromatic carbocycles. The Hall–Kier alpha value is 0.135. The third kappa shape index (κ3) is 8.46. The predicted octanol–water partition coefficient (Wildman–Crippen LogP) is -7.70. The first-order valence-electron chi connectivity index (χ1n) is 3.51. The van der Waals surface area contributed by atoms with Gasteiger partial charge in [0.2, 0.25) is 0 Å². The molecule has 0 radical (unpaired) electrons. The third-order valence-electron chi connectivity index (χ3n) is 1.42. The van der Waals surface area contributed by atoms with Crippen LogP contribution in [0.4, 0.5) is 0 Å². The molecule has 0 aromatic heterocycles. The van der Waals surface area contributed by atoms with Crippen molar-refractivity contribution in [3.8, 4) is 0 Å². The molecule has 4 nitrogen and oxygen atoms in total. The summed E-state index contributed by atoms with van der Waals surface area (Å²) in [5.74, 6) is -4.56. The van der Waals surface area contributed by atoms with E-state index in [-0.39, 0.29) is 44.1 Å². The van der Waals surface area contributed by atoms with Crippen molar-refractivity contribution < 1.29 is 57.5 Å². The van der Waals surface area contributed by atoms with E-state index in [0.717, 1.165) is 6.42 Å². The van der Waals surface area contributed by atoms with Crippen molar-refractivity contribution in [2.45, 2.75) is 26.2 Å². The molecule has 13 heavy (non-hydrogen) atoms. The molecule has 0 aromatic rings. The Labute approximate surface area is 101 Å². The van der Waals surface area contributed by atoms with Gasteiger partial charge in [0.15, 0.2) is 0 Å². The fourth-order valence-electron chi connectivity index (χ4n) is 0.740. The van der Waals surface area contributed by atoms with Crippen LogP contribution in [-0.4, -0.2) is 11.9 Å². The summed E-state index contributed by atoms with van der Waals surface area (Å²) in [6.07, 6.45) is 1.42. The van der Waals surface area contributed by atoms with Crippen molar-refractivity contribution in [2.75, 3.05) is 0 Å². The first kappa shape index (κ1) is 18.8. The molecule has 6 heteroatoms. The smallest absolute Gasteiger partial charge is 0.549 e. The molecule has 0 heterocycles. The molecule has 0 saturated carbocycles. The molecule has 0 aliphatic heterocycles. The summed E-state index contributed by atoms with van der Waals surface area (Å²) in [7, 11) is 0. The van der Waals surface area contributed by atoms with Gasteiger partial charge in [-0.1, -0.05) is 19.8 Å². The van der Waals surface area contributed by atoms with Crippen LogP contribution < -0.4 is 47.9 Å². The van der Waals surface area contributed by atoms with Gasteiger partial charge in [0.1, 0.15) is 0 Å². The summed E-state index contributed by atoms with van der Waals surface area (Å²) in [6.45, 7) is 1.85. The summed E-state index contributed by atoms with van der Waals surface area (Å²) in [5.41, 5.74) is 0. The molecule has 0 rings (SSSR count). The minimum Gasteiger partial charge on any atom is -0.549 e. The Balaban J connectivity index is -0.000000500. The van der Waals surface area contributed by atoms with Crippen molar-refractivity contribution in [3.63, 3.8) is 0 Å². The maximum absolute atomic E-state index is 10.1. The van der Waals surface area contributed by atoms with E-state index in [2.05, 4.69) is 0 Å². The number of carbonyl (C=O) groups excluding carboxylic acids is 2. The van der Waals surface area contributed by atoms with E-state index in [1.165, 1.54) is 0 Å². The van der Waals surface area contributed by atoms with Gasteiger partial charge in [0, 0.05) is 5.92 Å². The molecule has 0 spiro atoms. The Morgan fingerprint density at radius 3 is 1.77 bits per heavy atom. The van der Waals surface area contributed by atoms with Gasteiger partial charge in [-0.3, -0.25) is 0 Å². The average Bonchev–Trinajstić information content (AvgIpc) is 1.87. The van der Waals surface area contributed by atoms with E-state index in [0.29, 0.717) is 6.42 Å². The molecule has 64 valence electrons. The van der Waals surface area contributed by atoms with E-state index in [1.807, 2.05) is 6.92 Å². The molecule has 0 atom stereocenters. The first-order valence-corrected chi connectivity index (χ1v) is 3.51. The molecular formula is C7H10Li2O4. The van der Waals surface area contributed by atoms with Crippen molar-refractivity contribution in [1.82, 2.24) is 0 Å². The van der Waals surface area contributed by atoms with Gasteiger partial charge in [0.25, 0.3) is 0 Å². The van der Waals surface area contributed by atoms with E-state index in [1.54, 1.807) is 0 Å². The van der Waals surface area contributed by atoms with Crippen LogP contribution >= 0.6 is 0 Å². The fraction of sp³-hybridized carbons (Fsp3) is 0.714. The largest absolute Gasteiger partial charge is 1.00 e. The Kier molecular flexibility index (Phi) is 14.8. The maximum atomic E-state index is 10.1. The van der Waals surface area contributed by atoms with Gasteiger partial charge in [-0.05, 0) is 6.42 Å². The summed E-state index contributed by atoms with van der Waals surface area (Å²) in [4.78, 5) is 20.2. The van der Waals surface area contributed by atoms with Crippen LogP contribution in [0.3, 0.4) is 0 Å². The second-order valence-electron chi connectivity index (χ2n) is 2.33. The van der Waals surface area contributed by atoms with Crippen LogP contribution in [0.15, 0.2) is 0 Å². The minimum atomic E-state index is -1.56. The van der Waals surface area contributed by atoms with Crippen LogP contribution in [0.2, 0.25) is 0 Å². The number of aliphatic carboxylic acids is 2.